The number of nitrogens with zero attached hydrogens (tertiary/aromatic N) is 1. The maximum atomic E-state index is 12.0. The van der Waals surface area contributed by atoms with E-state index in [1.54, 1.807) is 4.90 Å². The molecule has 2 saturated heterocycles. The number of rotatable bonds is 2. The first-order valence-corrected chi connectivity index (χ1v) is 5.77. The van der Waals surface area contributed by atoms with Crippen LogP contribution in [-0.4, -0.2) is 47.4 Å². The summed E-state index contributed by atoms with van der Waals surface area (Å²) < 4.78 is 0. The Morgan fingerprint density at radius 1 is 1.41 bits per heavy atom. The maximum Gasteiger partial charge on any atom is 0.308 e. The van der Waals surface area contributed by atoms with E-state index in [0.29, 0.717) is 13.1 Å². The first-order valence-electron chi connectivity index (χ1n) is 5.77. The Kier molecular flexibility index (Phi) is 3.04. The van der Waals surface area contributed by atoms with E-state index in [4.69, 9.17) is 5.11 Å². The van der Waals surface area contributed by atoms with Crippen molar-refractivity contribution in [2.24, 2.45) is 17.8 Å². The molecule has 0 aromatic rings. The molecule has 2 N–H and O–H groups in total. The fourth-order valence-electron chi connectivity index (χ4n) is 2.51. The Bertz CT molecular complexity index is 368. The number of hydrogen-bond donors (Lipinski definition) is 2. The lowest BCUT2D eigenvalue weighted by atomic mass is 9.99. The number of carbonyl (C=O) groups is 3. The van der Waals surface area contributed by atoms with Crippen LogP contribution >= 0.6 is 0 Å². The van der Waals surface area contributed by atoms with Crippen molar-refractivity contribution in [3.05, 3.63) is 0 Å². The molecule has 94 valence electrons. The van der Waals surface area contributed by atoms with Gasteiger partial charge in [0.15, 0.2) is 0 Å². The van der Waals surface area contributed by atoms with Crippen LogP contribution in [-0.2, 0) is 14.4 Å². The highest BCUT2D eigenvalue weighted by Crippen LogP contribution is 2.25. The molecule has 2 aliphatic heterocycles. The summed E-state index contributed by atoms with van der Waals surface area (Å²) in [6.07, 6.45) is 0.224. The number of amides is 2. The monoisotopic (exact) mass is 240 g/mol. The van der Waals surface area contributed by atoms with Crippen molar-refractivity contribution in [3.8, 4) is 0 Å². The van der Waals surface area contributed by atoms with Crippen molar-refractivity contribution >= 4 is 17.8 Å². The first-order chi connectivity index (χ1) is 7.99. The zero-order chi connectivity index (χ0) is 12.6. The molecule has 0 saturated carbocycles. The van der Waals surface area contributed by atoms with Crippen molar-refractivity contribution < 1.29 is 19.5 Å². The van der Waals surface area contributed by atoms with Crippen molar-refractivity contribution in [1.29, 1.82) is 0 Å². The highest BCUT2D eigenvalue weighted by Gasteiger charge is 2.40. The van der Waals surface area contributed by atoms with Gasteiger partial charge in [-0.15, -0.1) is 0 Å². The molecule has 0 aromatic carbocycles. The fraction of sp³-hybridized carbons (Fsp3) is 0.727. The van der Waals surface area contributed by atoms with Gasteiger partial charge in [0.05, 0.1) is 11.8 Å². The van der Waals surface area contributed by atoms with E-state index in [1.165, 1.54) is 0 Å². The summed E-state index contributed by atoms with van der Waals surface area (Å²) in [5.41, 5.74) is 0. The van der Waals surface area contributed by atoms with Crippen LogP contribution in [0.15, 0.2) is 0 Å². The second-order valence-corrected chi connectivity index (χ2v) is 4.87. The van der Waals surface area contributed by atoms with Gasteiger partial charge in [-0.2, -0.15) is 0 Å². The minimum atomic E-state index is -0.853. The number of nitrogens with one attached hydrogen (secondary N) is 1. The topological polar surface area (TPSA) is 86.7 Å². The molecule has 2 aliphatic rings. The van der Waals surface area contributed by atoms with Gasteiger partial charge < -0.3 is 15.3 Å². The van der Waals surface area contributed by atoms with Crippen molar-refractivity contribution in [1.82, 2.24) is 10.2 Å². The van der Waals surface area contributed by atoms with Gasteiger partial charge in [0.1, 0.15) is 0 Å². The molecule has 2 rings (SSSR count). The van der Waals surface area contributed by atoms with E-state index in [2.05, 4.69) is 5.32 Å². The highest BCUT2D eigenvalue weighted by atomic mass is 16.4. The number of carboxylic acid groups (broad SMARTS) is 1. The SMILES string of the molecule is C[C@@H]1CN(C(=O)C2CNC(=O)C2)C[C@H]1C(=O)O. The smallest absolute Gasteiger partial charge is 0.308 e. The minimum absolute atomic E-state index is 0.0264. The van der Waals surface area contributed by atoms with E-state index in [9.17, 15) is 14.4 Å². The lowest BCUT2D eigenvalue weighted by Crippen LogP contribution is -2.36. The van der Waals surface area contributed by atoms with Crippen molar-refractivity contribution in [2.75, 3.05) is 19.6 Å². The highest BCUT2D eigenvalue weighted by molar-refractivity contribution is 5.89. The molecule has 0 radical (unpaired) electrons. The molecule has 6 heteroatoms. The van der Waals surface area contributed by atoms with Crippen LogP contribution in [0.2, 0.25) is 0 Å². The lowest BCUT2D eigenvalue weighted by Gasteiger charge is -2.19. The van der Waals surface area contributed by atoms with Gasteiger partial charge >= 0.3 is 5.97 Å². The summed E-state index contributed by atoms with van der Waals surface area (Å²) in [6.45, 7) is 2.95. The number of carbonyl (C=O) groups excluding carboxylic acids is 2. The third kappa shape index (κ3) is 2.25. The number of carboxylic acids is 1. The van der Waals surface area contributed by atoms with Crippen LogP contribution < -0.4 is 5.32 Å². The predicted octanol–water partition coefficient (Wildman–Crippen LogP) is -0.698. The molecular weight excluding hydrogens is 224 g/mol. The molecule has 0 spiro atoms. The summed E-state index contributed by atoms with van der Waals surface area (Å²) in [5, 5.41) is 11.6. The Labute approximate surface area is 99.0 Å². The maximum absolute atomic E-state index is 12.0. The van der Waals surface area contributed by atoms with Crippen LogP contribution in [0.4, 0.5) is 0 Å². The zero-order valence-electron chi connectivity index (χ0n) is 9.68. The van der Waals surface area contributed by atoms with Crippen LogP contribution in [0.1, 0.15) is 13.3 Å². The normalized spacial score (nSPS) is 32.6. The number of hydrogen-bond acceptors (Lipinski definition) is 3. The van der Waals surface area contributed by atoms with E-state index >= 15 is 0 Å². The Morgan fingerprint density at radius 3 is 2.59 bits per heavy atom. The lowest BCUT2D eigenvalue weighted by molar-refractivity contribution is -0.142. The van der Waals surface area contributed by atoms with Gasteiger partial charge in [0, 0.05) is 26.1 Å². The van der Waals surface area contributed by atoms with Crippen molar-refractivity contribution in [2.45, 2.75) is 13.3 Å². The third-order valence-corrected chi connectivity index (χ3v) is 3.57. The predicted molar refractivity (Wildman–Crippen MR) is 58.0 cm³/mol. The number of likely N-dealkylation sites (tertiary alicyclic amines) is 1. The Balaban J connectivity index is 1.98. The van der Waals surface area contributed by atoms with E-state index in [0.717, 1.165) is 0 Å². The number of aliphatic carboxylic acids is 1. The van der Waals surface area contributed by atoms with Gasteiger partial charge in [-0.25, -0.2) is 0 Å². The second-order valence-electron chi connectivity index (χ2n) is 4.87. The van der Waals surface area contributed by atoms with E-state index < -0.39 is 11.9 Å². The fourth-order valence-corrected chi connectivity index (χ4v) is 2.51. The molecule has 0 aromatic heterocycles. The average molecular weight is 240 g/mol. The molecule has 2 fully saturated rings. The summed E-state index contributed by atoms with van der Waals surface area (Å²) in [6, 6.07) is 0. The third-order valence-electron chi connectivity index (χ3n) is 3.57. The average Bonchev–Trinajstić information content (AvgIpc) is 2.83. The summed E-state index contributed by atoms with van der Waals surface area (Å²) >= 11 is 0. The first kappa shape index (κ1) is 11.9. The van der Waals surface area contributed by atoms with Gasteiger partial charge in [0.25, 0.3) is 0 Å². The zero-order valence-corrected chi connectivity index (χ0v) is 9.68. The van der Waals surface area contributed by atoms with E-state index in [-0.39, 0.29) is 36.6 Å². The Morgan fingerprint density at radius 2 is 2.12 bits per heavy atom. The minimum Gasteiger partial charge on any atom is -0.481 e. The van der Waals surface area contributed by atoms with Gasteiger partial charge in [0.2, 0.25) is 11.8 Å². The molecule has 2 amide bonds. The molecule has 17 heavy (non-hydrogen) atoms. The van der Waals surface area contributed by atoms with Crippen LogP contribution in [0.3, 0.4) is 0 Å². The molecule has 0 bridgehead atoms. The summed E-state index contributed by atoms with van der Waals surface area (Å²) in [5.74, 6) is -1.88. The van der Waals surface area contributed by atoms with Gasteiger partial charge in [-0.05, 0) is 5.92 Å². The molecule has 2 heterocycles. The summed E-state index contributed by atoms with van der Waals surface area (Å²) in [4.78, 5) is 35.6. The standard InChI is InChI=1S/C11H16N2O4/c1-6-4-13(5-8(6)11(16)17)10(15)7-2-9(14)12-3-7/h6-8H,2-5H2,1H3,(H,12,14)(H,16,17)/t6-,7?,8-/m1/s1. The molecule has 0 aliphatic carbocycles. The van der Waals surface area contributed by atoms with Crippen LogP contribution in [0.25, 0.3) is 0 Å². The quantitative estimate of drug-likeness (QED) is 0.668. The molecule has 6 nitrogen and oxygen atoms in total. The van der Waals surface area contributed by atoms with Crippen molar-refractivity contribution in [3.63, 3.8) is 0 Å². The summed E-state index contributed by atoms with van der Waals surface area (Å²) in [7, 11) is 0. The van der Waals surface area contributed by atoms with Gasteiger partial charge in [-0.1, -0.05) is 6.92 Å². The molecule has 3 atom stereocenters. The van der Waals surface area contributed by atoms with Crippen LogP contribution in [0, 0.1) is 17.8 Å². The van der Waals surface area contributed by atoms with Gasteiger partial charge in [-0.3, -0.25) is 14.4 Å². The Hall–Kier alpha value is -1.59. The molecule has 1 unspecified atom stereocenters. The second kappa shape index (κ2) is 4.35. The largest absolute Gasteiger partial charge is 0.481 e. The molecular formula is C11H16N2O4. The van der Waals surface area contributed by atoms with E-state index in [1.807, 2.05) is 6.92 Å². The van der Waals surface area contributed by atoms with Crippen LogP contribution in [0.5, 0.6) is 0 Å².